The van der Waals surface area contributed by atoms with Crippen molar-refractivity contribution < 1.29 is 40.9 Å². The Morgan fingerprint density at radius 2 is 0.590 bits per heavy atom. The maximum absolute atomic E-state index is 11.7. The van der Waals surface area contributed by atoms with Gasteiger partial charge in [-0.3, -0.25) is 0 Å². The molecule has 39 heavy (non-hydrogen) atoms. The Hall–Kier alpha value is -0.390. The van der Waals surface area contributed by atoms with E-state index in [0.29, 0.717) is 12.8 Å². The third-order valence-corrected chi connectivity index (χ3v) is 9.36. The Balaban J connectivity index is -0.00000648. The van der Waals surface area contributed by atoms with E-state index < -0.39 is 31.2 Å². The normalized spacial score (nSPS) is 12.2. The molecule has 0 radical (unpaired) electrons. The minimum Gasteiger partial charge on any atom is -0.344 e. The zero-order chi connectivity index (χ0) is 27.9. The lowest BCUT2D eigenvalue weighted by molar-refractivity contribution is 0.244. The van der Waals surface area contributed by atoms with Crippen LogP contribution in [-0.4, -0.2) is 38.5 Å². The molecule has 0 aliphatic rings. The summed E-state index contributed by atoms with van der Waals surface area (Å²) in [5.41, 5.74) is 0. The number of unbranched alkanes of at least 4 members (excludes halogenated alkanes) is 18. The van der Waals surface area contributed by atoms with Crippen LogP contribution in [0.4, 0.5) is 0 Å². The van der Waals surface area contributed by atoms with Crippen LogP contribution in [0.5, 0.6) is 0 Å². The van der Waals surface area contributed by atoms with Crippen LogP contribution in [-0.2, 0) is 46.8 Å². The highest BCUT2D eigenvalue weighted by Crippen LogP contribution is 2.14. The highest BCUT2D eigenvalue weighted by atomic mass is 32.3. The van der Waals surface area contributed by atoms with Crippen LogP contribution in [0.15, 0.2) is 0 Å². The molecule has 12 nitrogen and oxygen atoms in total. The average molecular weight is 629 g/mol. The molecule has 0 heterocycles. The predicted molar refractivity (Wildman–Crippen MR) is 155 cm³/mol. The molecule has 0 fully saturated rings. The van der Waals surface area contributed by atoms with Gasteiger partial charge in [0.05, 0.1) is 13.2 Å². The van der Waals surface area contributed by atoms with E-state index >= 15 is 0 Å². The van der Waals surface area contributed by atoms with E-state index in [1.54, 1.807) is 0 Å². The molecule has 0 bridgehead atoms. The Labute approximate surface area is 239 Å². The van der Waals surface area contributed by atoms with Crippen LogP contribution < -0.4 is 12.3 Å². The van der Waals surface area contributed by atoms with Crippen molar-refractivity contribution in [2.75, 3.05) is 13.2 Å². The van der Waals surface area contributed by atoms with Crippen LogP contribution in [0.25, 0.3) is 0 Å². The van der Waals surface area contributed by atoms with Crippen molar-refractivity contribution in [1.82, 2.24) is 12.3 Å². The first-order valence-corrected chi connectivity index (χ1v) is 18.0. The standard InChI is InChI=1S/C24H50O10S3.2H3N/c1-3-5-7-9-11-13-15-17-19-21-23-31-35(25,26)33-37(29,30)34-36(27,28)32-24-22-20-18-16-14-12-10-8-6-4-2;;/h3-24H2,1-2H3;2*1H3. The fourth-order valence-corrected chi connectivity index (χ4v) is 6.64. The molecular weight excluding hydrogens is 572 g/mol. The van der Waals surface area contributed by atoms with E-state index in [1.165, 1.54) is 64.2 Å². The molecule has 0 aliphatic carbocycles. The van der Waals surface area contributed by atoms with Crippen molar-refractivity contribution >= 4 is 31.2 Å². The van der Waals surface area contributed by atoms with E-state index in [1.807, 2.05) is 0 Å². The molecule has 0 atom stereocenters. The lowest BCUT2D eigenvalue weighted by Crippen LogP contribution is -2.23. The number of rotatable bonds is 28. The maximum Gasteiger partial charge on any atom is 0.432 e. The summed E-state index contributed by atoms with van der Waals surface area (Å²) in [5, 5.41) is 0. The first-order chi connectivity index (χ1) is 17.5. The summed E-state index contributed by atoms with van der Waals surface area (Å²) < 4.78 is 86.8. The number of hydrogen-bond acceptors (Lipinski definition) is 12. The van der Waals surface area contributed by atoms with Gasteiger partial charge in [-0.1, -0.05) is 137 Å². The van der Waals surface area contributed by atoms with E-state index in [4.69, 9.17) is 0 Å². The second-order valence-corrected chi connectivity index (χ2v) is 13.4. The Bertz CT molecular complexity index is 787. The monoisotopic (exact) mass is 628 g/mol. The molecule has 6 N–H and O–H groups in total. The van der Waals surface area contributed by atoms with E-state index in [2.05, 4.69) is 29.5 Å². The molecule has 0 spiro atoms. The van der Waals surface area contributed by atoms with Gasteiger partial charge in [0.15, 0.2) is 0 Å². The van der Waals surface area contributed by atoms with E-state index in [9.17, 15) is 25.3 Å². The summed E-state index contributed by atoms with van der Waals surface area (Å²) in [5.74, 6) is 0. The van der Waals surface area contributed by atoms with Gasteiger partial charge in [-0.25, -0.2) is 8.37 Å². The van der Waals surface area contributed by atoms with E-state index in [-0.39, 0.29) is 25.5 Å². The third-order valence-electron chi connectivity index (χ3n) is 5.78. The molecule has 0 rings (SSSR count). The summed E-state index contributed by atoms with van der Waals surface area (Å²) >= 11 is 0. The lowest BCUT2D eigenvalue weighted by Gasteiger charge is -2.07. The van der Waals surface area contributed by atoms with Crippen molar-refractivity contribution in [3.8, 4) is 0 Å². The van der Waals surface area contributed by atoms with Gasteiger partial charge in [-0.05, 0) is 12.8 Å². The molecular formula is C24H56N2O10S3. The van der Waals surface area contributed by atoms with Crippen LogP contribution in [0.1, 0.15) is 142 Å². The van der Waals surface area contributed by atoms with Gasteiger partial charge in [-0.2, -0.15) is 25.3 Å². The molecule has 0 aromatic carbocycles. The van der Waals surface area contributed by atoms with Gasteiger partial charge in [0, 0.05) is 0 Å². The smallest absolute Gasteiger partial charge is 0.344 e. The van der Waals surface area contributed by atoms with Crippen LogP contribution >= 0.6 is 0 Å². The van der Waals surface area contributed by atoms with Gasteiger partial charge in [0.2, 0.25) is 0 Å². The topological polar surface area (TPSA) is 209 Å². The lowest BCUT2D eigenvalue weighted by atomic mass is 10.1. The highest BCUT2D eigenvalue weighted by molar-refractivity contribution is 8.00. The van der Waals surface area contributed by atoms with Crippen LogP contribution in [0.3, 0.4) is 0 Å². The first kappa shape index (κ1) is 43.1. The summed E-state index contributed by atoms with van der Waals surface area (Å²) in [4.78, 5) is 0. The Morgan fingerprint density at radius 3 is 0.846 bits per heavy atom. The SMILES string of the molecule is CCCCCCCCCCCCOS(=O)(=O)OS(=O)(=O)OS(=O)(=O)OCCCCCCCCCCCC.N.N. The van der Waals surface area contributed by atoms with Gasteiger partial charge in [0.25, 0.3) is 0 Å². The van der Waals surface area contributed by atoms with Crippen molar-refractivity contribution in [3.05, 3.63) is 0 Å². The quantitative estimate of drug-likeness (QED) is 0.0842. The van der Waals surface area contributed by atoms with Crippen LogP contribution in [0, 0.1) is 0 Å². The van der Waals surface area contributed by atoms with Gasteiger partial charge in [0.1, 0.15) is 0 Å². The van der Waals surface area contributed by atoms with E-state index in [0.717, 1.165) is 51.4 Å². The summed E-state index contributed by atoms with van der Waals surface area (Å²) in [6.07, 6.45) is 20.6. The van der Waals surface area contributed by atoms with Crippen molar-refractivity contribution in [3.63, 3.8) is 0 Å². The minimum atomic E-state index is -5.45. The average Bonchev–Trinajstić information content (AvgIpc) is 2.79. The molecule has 0 unspecified atom stereocenters. The Morgan fingerprint density at radius 1 is 0.359 bits per heavy atom. The largest absolute Gasteiger partial charge is 0.432 e. The third kappa shape index (κ3) is 30.4. The highest BCUT2D eigenvalue weighted by Gasteiger charge is 2.31. The molecule has 15 heteroatoms. The van der Waals surface area contributed by atoms with Gasteiger partial charge in [-0.15, -0.1) is 0 Å². The minimum absolute atomic E-state index is 0. The van der Waals surface area contributed by atoms with Crippen LogP contribution in [0.2, 0.25) is 0 Å². The molecule has 0 aliphatic heterocycles. The fraction of sp³-hybridized carbons (Fsp3) is 1.00. The molecule has 0 amide bonds. The molecule has 0 saturated carbocycles. The van der Waals surface area contributed by atoms with Crippen molar-refractivity contribution in [2.24, 2.45) is 0 Å². The zero-order valence-electron chi connectivity index (χ0n) is 24.3. The first-order valence-electron chi connectivity index (χ1n) is 14.0. The Kier molecular flexibility index (Phi) is 29.3. The summed E-state index contributed by atoms with van der Waals surface area (Å²) in [6.45, 7) is 3.78. The second-order valence-electron chi connectivity index (χ2n) is 9.37. The van der Waals surface area contributed by atoms with Gasteiger partial charge < -0.3 is 12.3 Å². The maximum atomic E-state index is 11.7. The second kappa shape index (κ2) is 26.5. The molecule has 0 aromatic heterocycles. The van der Waals surface area contributed by atoms with Crippen molar-refractivity contribution in [2.45, 2.75) is 142 Å². The van der Waals surface area contributed by atoms with Gasteiger partial charge >= 0.3 is 31.2 Å². The molecule has 0 saturated heterocycles. The summed E-state index contributed by atoms with van der Waals surface area (Å²) in [7, 11) is -15.5. The molecule has 240 valence electrons. The molecule has 0 aromatic rings. The summed E-state index contributed by atoms with van der Waals surface area (Å²) in [6, 6.07) is 0. The van der Waals surface area contributed by atoms with Crippen molar-refractivity contribution in [1.29, 1.82) is 0 Å². The fourth-order valence-electron chi connectivity index (χ4n) is 3.76. The predicted octanol–water partition coefficient (Wildman–Crippen LogP) is 6.95. The number of hydrogen-bond donors (Lipinski definition) is 2. The zero-order valence-corrected chi connectivity index (χ0v) is 26.7.